The molecule has 0 bridgehead atoms. The number of fused-ring (bicyclic) bond motifs is 1. The van der Waals surface area contributed by atoms with E-state index in [0.717, 1.165) is 15.8 Å². The van der Waals surface area contributed by atoms with E-state index >= 15 is 0 Å². The van der Waals surface area contributed by atoms with Gasteiger partial charge in [0.1, 0.15) is 0 Å². The van der Waals surface area contributed by atoms with Gasteiger partial charge in [-0.3, -0.25) is 4.79 Å². The van der Waals surface area contributed by atoms with Crippen molar-refractivity contribution in [2.75, 3.05) is 0 Å². The summed E-state index contributed by atoms with van der Waals surface area (Å²) >= 11 is 1.55. The van der Waals surface area contributed by atoms with E-state index in [2.05, 4.69) is 23.3 Å². The van der Waals surface area contributed by atoms with Crippen molar-refractivity contribution in [1.29, 1.82) is 0 Å². The Bertz CT molecular complexity index is 794. The average molecular weight is 296 g/mol. The normalized spacial score (nSPS) is 12.3. The minimum Gasteiger partial charge on any atom is -0.346 e. The van der Waals surface area contributed by atoms with Crippen LogP contribution in [0.3, 0.4) is 0 Å². The Balaban J connectivity index is 1.81. The second-order valence-electron chi connectivity index (χ2n) is 5.09. The first-order valence-electron chi connectivity index (χ1n) is 6.85. The Hall–Kier alpha value is -2.20. The van der Waals surface area contributed by atoms with Gasteiger partial charge in [0.05, 0.1) is 21.8 Å². The summed E-state index contributed by atoms with van der Waals surface area (Å²) in [7, 11) is 0. The van der Waals surface area contributed by atoms with Gasteiger partial charge < -0.3 is 5.32 Å². The first-order valence-corrected chi connectivity index (χ1v) is 7.73. The van der Waals surface area contributed by atoms with Crippen LogP contribution in [0.1, 0.15) is 34.5 Å². The van der Waals surface area contributed by atoms with E-state index in [1.54, 1.807) is 16.8 Å². The Morgan fingerprint density at radius 3 is 2.86 bits per heavy atom. The van der Waals surface area contributed by atoms with Crippen molar-refractivity contribution in [2.24, 2.45) is 0 Å². The maximum atomic E-state index is 12.4. The molecule has 3 aromatic rings. The molecule has 1 amide bonds. The number of nitrogens with one attached hydrogen (secondary N) is 1. The molecule has 0 radical (unpaired) electrons. The van der Waals surface area contributed by atoms with Crippen LogP contribution in [-0.2, 0) is 0 Å². The van der Waals surface area contributed by atoms with E-state index in [4.69, 9.17) is 0 Å². The molecule has 0 spiro atoms. The lowest BCUT2D eigenvalue weighted by Gasteiger charge is -2.16. The molecule has 21 heavy (non-hydrogen) atoms. The number of aromatic nitrogens is 1. The van der Waals surface area contributed by atoms with Crippen LogP contribution in [0.2, 0.25) is 0 Å². The molecular formula is C17H16N2OS. The summed E-state index contributed by atoms with van der Waals surface area (Å²) in [5.74, 6) is -0.0546. The van der Waals surface area contributed by atoms with Crippen LogP contribution in [0.5, 0.6) is 0 Å². The molecule has 106 valence electrons. The fourth-order valence-corrected chi connectivity index (χ4v) is 3.14. The molecule has 4 heteroatoms. The van der Waals surface area contributed by atoms with Gasteiger partial charge in [0, 0.05) is 5.56 Å². The van der Waals surface area contributed by atoms with E-state index in [0.29, 0.717) is 5.56 Å². The van der Waals surface area contributed by atoms with Gasteiger partial charge in [0.15, 0.2) is 0 Å². The summed E-state index contributed by atoms with van der Waals surface area (Å²) < 4.78 is 1.03. The van der Waals surface area contributed by atoms with Crippen LogP contribution >= 0.6 is 11.3 Å². The van der Waals surface area contributed by atoms with E-state index in [1.807, 2.05) is 43.3 Å². The molecule has 0 saturated heterocycles. The zero-order chi connectivity index (χ0) is 14.8. The predicted octanol–water partition coefficient (Wildman–Crippen LogP) is 4.10. The molecule has 0 aliphatic rings. The molecular weight excluding hydrogens is 280 g/mol. The lowest BCUT2D eigenvalue weighted by molar-refractivity contribution is 0.0940. The predicted molar refractivity (Wildman–Crippen MR) is 86.7 cm³/mol. The smallest absolute Gasteiger partial charge is 0.251 e. The summed E-state index contributed by atoms with van der Waals surface area (Å²) in [6.45, 7) is 4.06. The van der Waals surface area contributed by atoms with Crippen molar-refractivity contribution in [3.05, 3.63) is 64.7 Å². The van der Waals surface area contributed by atoms with Gasteiger partial charge in [-0.25, -0.2) is 4.98 Å². The molecule has 0 aliphatic carbocycles. The van der Waals surface area contributed by atoms with Crippen molar-refractivity contribution in [1.82, 2.24) is 10.3 Å². The first kappa shape index (κ1) is 13.8. The van der Waals surface area contributed by atoms with Crippen molar-refractivity contribution in [3.63, 3.8) is 0 Å². The highest BCUT2D eigenvalue weighted by molar-refractivity contribution is 7.16. The Morgan fingerprint density at radius 2 is 2.05 bits per heavy atom. The quantitative estimate of drug-likeness (QED) is 0.790. The van der Waals surface area contributed by atoms with Crippen LogP contribution in [0.15, 0.2) is 48.0 Å². The highest BCUT2D eigenvalue weighted by Gasteiger charge is 2.13. The summed E-state index contributed by atoms with van der Waals surface area (Å²) in [4.78, 5) is 16.6. The third kappa shape index (κ3) is 2.81. The van der Waals surface area contributed by atoms with Crippen LogP contribution in [0.4, 0.5) is 0 Å². The van der Waals surface area contributed by atoms with Gasteiger partial charge in [-0.05, 0) is 43.2 Å². The minimum absolute atomic E-state index is 0.0177. The Kier molecular flexibility index (Phi) is 3.71. The number of aryl methyl sites for hydroxylation is 1. The summed E-state index contributed by atoms with van der Waals surface area (Å²) in [5, 5.41) is 3.06. The summed E-state index contributed by atoms with van der Waals surface area (Å²) in [5.41, 5.74) is 5.73. The van der Waals surface area contributed by atoms with Gasteiger partial charge in [0.2, 0.25) is 0 Å². The van der Waals surface area contributed by atoms with Crippen molar-refractivity contribution in [2.45, 2.75) is 19.9 Å². The largest absolute Gasteiger partial charge is 0.346 e. The van der Waals surface area contributed by atoms with E-state index in [9.17, 15) is 4.79 Å². The Morgan fingerprint density at radius 1 is 1.24 bits per heavy atom. The molecule has 0 aliphatic heterocycles. The molecule has 1 heterocycles. The van der Waals surface area contributed by atoms with E-state index in [1.165, 1.54) is 5.56 Å². The lowest BCUT2D eigenvalue weighted by atomic mass is 10.0. The minimum atomic E-state index is -0.0546. The van der Waals surface area contributed by atoms with Gasteiger partial charge in [0.25, 0.3) is 5.91 Å². The average Bonchev–Trinajstić information content (AvgIpc) is 2.94. The highest BCUT2D eigenvalue weighted by Crippen LogP contribution is 2.21. The molecule has 1 N–H and O–H groups in total. The molecule has 2 aromatic carbocycles. The maximum Gasteiger partial charge on any atom is 0.251 e. The third-order valence-corrected chi connectivity index (χ3v) is 4.39. The van der Waals surface area contributed by atoms with Crippen molar-refractivity contribution >= 4 is 27.5 Å². The lowest BCUT2D eigenvalue weighted by Crippen LogP contribution is -2.27. The van der Waals surface area contributed by atoms with E-state index in [-0.39, 0.29) is 11.9 Å². The number of hydrogen-bond acceptors (Lipinski definition) is 3. The third-order valence-electron chi connectivity index (χ3n) is 3.60. The number of carbonyl (C=O) groups is 1. The highest BCUT2D eigenvalue weighted by atomic mass is 32.1. The second kappa shape index (κ2) is 5.66. The molecule has 1 aromatic heterocycles. The molecule has 1 atom stereocenters. The zero-order valence-corrected chi connectivity index (χ0v) is 12.8. The maximum absolute atomic E-state index is 12.4. The number of benzene rings is 2. The number of thiazole rings is 1. The van der Waals surface area contributed by atoms with Crippen molar-refractivity contribution in [3.8, 4) is 0 Å². The molecule has 0 fully saturated rings. The van der Waals surface area contributed by atoms with Gasteiger partial charge >= 0.3 is 0 Å². The van der Waals surface area contributed by atoms with Gasteiger partial charge in [-0.1, -0.05) is 24.3 Å². The van der Waals surface area contributed by atoms with Gasteiger partial charge in [-0.2, -0.15) is 0 Å². The van der Waals surface area contributed by atoms with Gasteiger partial charge in [-0.15, -0.1) is 11.3 Å². The van der Waals surface area contributed by atoms with Crippen LogP contribution in [-0.4, -0.2) is 10.9 Å². The van der Waals surface area contributed by atoms with Crippen molar-refractivity contribution < 1.29 is 4.79 Å². The Labute approximate surface area is 127 Å². The number of hydrogen-bond donors (Lipinski definition) is 1. The fraction of sp³-hybridized carbons (Fsp3) is 0.176. The number of carbonyl (C=O) groups excluding carboxylic acids is 1. The summed E-state index contributed by atoms with van der Waals surface area (Å²) in [6, 6.07) is 13.7. The molecule has 3 nitrogen and oxygen atoms in total. The first-order chi connectivity index (χ1) is 10.1. The topological polar surface area (TPSA) is 42.0 Å². The SMILES string of the molecule is Cc1ccccc1C(C)NC(=O)c1ccc2ncsc2c1. The number of amides is 1. The van der Waals surface area contributed by atoms with Crippen LogP contribution in [0, 0.1) is 6.92 Å². The fourth-order valence-electron chi connectivity index (χ4n) is 2.43. The molecule has 3 rings (SSSR count). The van der Waals surface area contributed by atoms with Crippen LogP contribution < -0.4 is 5.32 Å². The number of nitrogens with zero attached hydrogens (tertiary/aromatic N) is 1. The second-order valence-corrected chi connectivity index (χ2v) is 5.97. The monoisotopic (exact) mass is 296 g/mol. The zero-order valence-electron chi connectivity index (χ0n) is 12.0. The standard InChI is InChI=1S/C17H16N2OS/c1-11-5-3-4-6-14(11)12(2)19-17(20)13-7-8-15-16(9-13)21-10-18-15/h3-10,12H,1-2H3,(H,19,20). The molecule has 1 unspecified atom stereocenters. The summed E-state index contributed by atoms with van der Waals surface area (Å²) in [6.07, 6.45) is 0. The molecule has 0 saturated carbocycles. The van der Waals surface area contributed by atoms with Crippen LogP contribution in [0.25, 0.3) is 10.2 Å². The van der Waals surface area contributed by atoms with E-state index < -0.39 is 0 Å². The number of rotatable bonds is 3.